The molecule has 0 aliphatic rings. The lowest BCUT2D eigenvalue weighted by Gasteiger charge is -2.17. The monoisotopic (exact) mass is 411 g/mol. The highest BCUT2D eigenvalue weighted by Gasteiger charge is 2.21. The van der Waals surface area contributed by atoms with Crippen molar-refractivity contribution in [1.29, 1.82) is 0 Å². The van der Waals surface area contributed by atoms with Gasteiger partial charge in [-0.1, -0.05) is 11.8 Å². The maximum atomic E-state index is 13.2. The van der Waals surface area contributed by atoms with Gasteiger partial charge in [-0.15, -0.1) is 11.3 Å². The van der Waals surface area contributed by atoms with Gasteiger partial charge in [0, 0.05) is 30.7 Å². The summed E-state index contributed by atoms with van der Waals surface area (Å²) >= 11 is 2.86. The van der Waals surface area contributed by atoms with Gasteiger partial charge in [0.1, 0.15) is 4.83 Å². The van der Waals surface area contributed by atoms with Crippen molar-refractivity contribution in [3.05, 3.63) is 20.8 Å². The molecule has 0 saturated heterocycles. The van der Waals surface area contributed by atoms with Gasteiger partial charge in [-0.2, -0.15) is 0 Å². The average molecular weight is 412 g/mol. The quantitative estimate of drug-likeness (QED) is 0.388. The number of carbonyl (C=O) groups is 1. The van der Waals surface area contributed by atoms with Crippen LogP contribution in [0.5, 0.6) is 0 Å². The first-order valence-corrected chi connectivity index (χ1v) is 11.0. The molecule has 2 aromatic heterocycles. The summed E-state index contributed by atoms with van der Waals surface area (Å²) in [6, 6.07) is 0.0759. The molecular weight excluding hydrogens is 382 g/mol. The van der Waals surface area contributed by atoms with Crippen LogP contribution in [0.25, 0.3) is 10.2 Å². The van der Waals surface area contributed by atoms with Crippen molar-refractivity contribution in [3.8, 4) is 0 Å². The number of aromatic nitrogens is 2. The topological polar surface area (TPSA) is 73.2 Å². The Balaban J connectivity index is 2.39. The van der Waals surface area contributed by atoms with Crippen LogP contribution in [0.1, 0.15) is 44.6 Å². The number of thiophene rings is 1. The molecule has 0 aromatic carbocycles. The predicted octanol–water partition coefficient (Wildman–Crippen LogP) is 3.51. The van der Waals surface area contributed by atoms with Crippen LogP contribution >= 0.6 is 23.1 Å². The third-order valence-corrected chi connectivity index (χ3v) is 6.40. The maximum absolute atomic E-state index is 13.2. The van der Waals surface area contributed by atoms with Crippen LogP contribution in [0.2, 0.25) is 0 Å². The zero-order chi connectivity index (χ0) is 20.1. The second kappa shape index (κ2) is 9.71. The molecular formula is C19H29N3O3S2. The predicted molar refractivity (Wildman–Crippen MR) is 113 cm³/mol. The minimum Gasteiger partial charge on any atom is -0.382 e. The number of nitrogens with zero attached hydrogens (tertiary/aromatic N) is 2. The second-order valence-electron chi connectivity index (χ2n) is 6.79. The van der Waals surface area contributed by atoms with E-state index in [1.807, 2.05) is 41.5 Å². The van der Waals surface area contributed by atoms with Gasteiger partial charge < -0.3 is 10.1 Å². The van der Waals surface area contributed by atoms with Gasteiger partial charge in [0.2, 0.25) is 5.91 Å². The van der Waals surface area contributed by atoms with Crippen LogP contribution in [-0.2, 0) is 16.1 Å². The largest absolute Gasteiger partial charge is 0.382 e. The van der Waals surface area contributed by atoms with Gasteiger partial charge >= 0.3 is 0 Å². The summed E-state index contributed by atoms with van der Waals surface area (Å²) in [5.74, 6) is -0.0521. The Hall–Kier alpha value is -1.38. The molecule has 150 valence electrons. The molecule has 2 aromatic rings. The Morgan fingerprint density at radius 2 is 2.04 bits per heavy atom. The maximum Gasteiger partial charge on any atom is 0.263 e. The van der Waals surface area contributed by atoms with E-state index in [4.69, 9.17) is 9.72 Å². The normalized spacial score (nSPS) is 12.7. The van der Waals surface area contributed by atoms with E-state index in [0.29, 0.717) is 30.3 Å². The Morgan fingerprint density at radius 1 is 1.33 bits per heavy atom. The van der Waals surface area contributed by atoms with Gasteiger partial charge in [-0.05, 0) is 53.5 Å². The fraction of sp³-hybridized carbons (Fsp3) is 0.632. The molecule has 0 fully saturated rings. The first kappa shape index (κ1) is 21.9. The summed E-state index contributed by atoms with van der Waals surface area (Å²) in [6.45, 7) is 13.4. The van der Waals surface area contributed by atoms with E-state index in [2.05, 4.69) is 5.32 Å². The molecule has 0 unspecified atom stereocenters. The fourth-order valence-corrected chi connectivity index (χ4v) is 4.69. The van der Waals surface area contributed by atoms with Crippen molar-refractivity contribution < 1.29 is 9.53 Å². The Kier molecular flexibility index (Phi) is 7.88. The SMILES string of the molecule is CCOCCCn1c(S[C@@H](C)C(=O)NC(C)C)nc2sc(C)c(C)c2c1=O. The van der Waals surface area contributed by atoms with E-state index < -0.39 is 0 Å². The van der Waals surface area contributed by atoms with Gasteiger partial charge in [0.25, 0.3) is 5.56 Å². The van der Waals surface area contributed by atoms with Gasteiger partial charge in [0.15, 0.2) is 5.16 Å². The minimum atomic E-state index is -0.336. The number of ether oxygens (including phenoxy) is 1. The van der Waals surface area contributed by atoms with Gasteiger partial charge in [-0.25, -0.2) is 4.98 Å². The van der Waals surface area contributed by atoms with Crippen molar-refractivity contribution in [3.63, 3.8) is 0 Å². The number of amides is 1. The number of fused-ring (bicyclic) bond motifs is 1. The lowest BCUT2D eigenvalue weighted by Crippen LogP contribution is -2.36. The van der Waals surface area contributed by atoms with E-state index >= 15 is 0 Å². The third kappa shape index (κ3) is 5.33. The summed E-state index contributed by atoms with van der Waals surface area (Å²) in [7, 11) is 0. The van der Waals surface area contributed by atoms with Crippen molar-refractivity contribution in [2.75, 3.05) is 13.2 Å². The molecule has 0 aliphatic heterocycles. The molecule has 0 radical (unpaired) electrons. The van der Waals surface area contributed by atoms with E-state index in [1.54, 1.807) is 4.57 Å². The lowest BCUT2D eigenvalue weighted by molar-refractivity contribution is -0.120. The van der Waals surface area contributed by atoms with Crippen LogP contribution < -0.4 is 10.9 Å². The van der Waals surface area contributed by atoms with Crippen LogP contribution in [0.15, 0.2) is 9.95 Å². The molecule has 27 heavy (non-hydrogen) atoms. The third-order valence-electron chi connectivity index (χ3n) is 4.21. The molecule has 0 bridgehead atoms. The van der Waals surface area contributed by atoms with E-state index in [-0.39, 0.29) is 22.8 Å². The Labute approximate surface area is 168 Å². The summed E-state index contributed by atoms with van der Waals surface area (Å²) < 4.78 is 7.11. The molecule has 2 rings (SSSR count). The number of hydrogen-bond acceptors (Lipinski definition) is 6. The zero-order valence-corrected chi connectivity index (χ0v) is 18.6. The average Bonchev–Trinajstić information content (AvgIpc) is 2.87. The highest BCUT2D eigenvalue weighted by atomic mass is 32.2. The second-order valence-corrected chi connectivity index (χ2v) is 9.30. The molecule has 6 nitrogen and oxygen atoms in total. The van der Waals surface area contributed by atoms with E-state index in [9.17, 15) is 9.59 Å². The van der Waals surface area contributed by atoms with Crippen molar-refractivity contribution in [1.82, 2.24) is 14.9 Å². The number of thioether (sulfide) groups is 1. The molecule has 1 atom stereocenters. The first-order valence-electron chi connectivity index (χ1n) is 9.31. The number of aryl methyl sites for hydroxylation is 2. The summed E-state index contributed by atoms with van der Waals surface area (Å²) in [5.41, 5.74) is 0.963. The molecule has 8 heteroatoms. The van der Waals surface area contributed by atoms with E-state index in [1.165, 1.54) is 23.1 Å². The summed E-state index contributed by atoms with van der Waals surface area (Å²) in [4.78, 5) is 32.0. The van der Waals surface area contributed by atoms with Gasteiger partial charge in [-0.3, -0.25) is 14.2 Å². The van der Waals surface area contributed by atoms with Gasteiger partial charge in [0.05, 0.1) is 10.6 Å². The van der Waals surface area contributed by atoms with E-state index in [0.717, 1.165) is 21.7 Å². The zero-order valence-electron chi connectivity index (χ0n) is 16.9. The minimum absolute atomic E-state index is 0.0303. The number of rotatable bonds is 9. The highest BCUT2D eigenvalue weighted by Crippen LogP contribution is 2.29. The molecule has 2 heterocycles. The smallest absolute Gasteiger partial charge is 0.263 e. The summed E-state index contributed by atoms with van der Waals surface area (Å²) in [6.07, 6.45) is 0.725. The first-order chi connectivity index (χ1) is 12.8. The molecule has 1 N–H and O–H groups in total. The van der Waals surface area contributed by atoms with Crippen LogP contribution in [0, 0.1) is 13.8 Å². The van der Waals surface area contributed by atoms with Crippen LogP contribution in [0.3, 0.4) is 0 Å². The molecule has 0 spiro atoms. The highest BCUT2D eigenvalue weighted by molar-refractivity contribution is 8.00. The molecule has 1 amide bonds. The Morgan fingerprint density at radius 3 is 2.67 bits per heavy atom. The van der Waals surface area contributed by atoms with Crippen LogP contribution in [0.4, 0.5) is 0 Å². The number of hydrogen-bond donors (Lipinski definition) is 1. The number of nitrogens with one attached hydrogen (secondary N) is 1. The summed E-state index contributed by atoms with van der Waals surface area (Å²) in [5, 5.41) is 3.87. The Bertz CT molecular complexity index is 858. The lowest BCUT2D eigenvalue weighted by atomic mass is 10.2. The van der Waals surface area contributed by atoms with Crippen molar-refractivity contribution in [2.45, 2.75) is 71.0 Å². The van der Waals surface area contributed by atoms with Crippen molar-refractivity contribution >= 4 is 39.2 Å². The van der Waals surface area contributed by atoms with Crippen LogP contribution in [-0.4, -0.2) is 40.0 Å². The number of carbonyl (C=O) groups excluding carboxylic acids is 1. The molecule has 0 aliphatic carbocycles. The standard InChI is InChI=1S/C19H29N3O3S2/c1-7-25-10-8-9-22-18(24)15-12(4)13(5)26-17(15)21-19(22)27-14(6)16(23)20-11(2)3/h11,14H,7-10H2,1-6H3,(H,20,23)/t14-/m0/s1. The fourth-order valence-electron chi connectivity index (χ4n) is 2.68. The molecule has 0 saturated carbocycles. The van der Waals surface area contributed by atoms with Crippen molar-refractivity contribution in [2.24, 2.45) is 0 Å².